The highest BCUT2D eigenvalue weighted by Gasteiger charge is 2.35. The number of amides is 1. The van der Waals surface area contributed by atoms with Gasteiger partial charge in [-0.1, -0.05) is 18.2 Å². The zero-order chi connectivity index (χ0) is 19.0. The van der Waals surface area contributed by atoms with Crippen LogP contribution >= 0.6 is 11.6 Å². The summed E-state index contributed by atoms with van der Waals surface area (Å²) in [6.45, 7) is 7.60. The minimum atomic E-state index is 0.249. The van der Waals surface area contributed by atoms with Gasteiger partial charge in [-0.15, -0.1) is 0 Å². The lowest BCUT2D eigenvalue weighted by Crippen LogP contribution is -2.44. The van der Waals surface area contributed by atoms with Crippen molar-refractivity contribution in [3.63, 3.8) is 0 Å². The van der Waals surface area contributed by atoms with E-state index in [4.69, 9.17) is 11.6 Å². The topological polar surface area (TPSA) is 26.8 Å². The zero-order valence-electron chi connectivity index (χ0n) is 16.3. The Kier molecular flexibility index (Phi) is 5.47. The van der Waals surface area contributed by atoms with E-state index in [1.54, 1.807) is 0 Å². The fourth-order valence-corrected chi connectivity index (χ4v) is 5.17. The summed E-state index contributed by atoms with van der Waals surface area (Å²) < 4.78 is 0. The van der Waals surface area contributed by atoms with Crippen molar-refractivity contribution in [3.8, 4) is 0 Å². The molecule has 4 rings (SSSR count). The average molecular weight is 388 g/mol. The van der Waals surface area contributed by atoms with Gasteiger partial charge in [-0.25, -0.2) is 0 Å². The Bertz CT molecular complexity index is 728. The summed E-state index contributed by atoms with van der Waals surface area (Å²) in [7, 11) is 2.21. The van der Waals surface area contributed by atoms with E-state index in [0.717, 1.165) is 67.2 Å². The number of nitrogens with zero attached hydrogens (tertiary/aromatic N) is 3. The molecule has 2 fully saturated rings. The second-order valence-corrected chi connectivity index (χ2v) is 8.69. The van der Waals surface area contributed by atoms with Crippen molar-refractivity contribution >= 4 is 28.8 Å². The van der Waals surface area contributed by atoms with Crippen molar-refractivity contribution in [1.29, 1.82) is 0 Å². The summed E-state index contributed by atoms with van der Waals surface area (Å²) in [6, 6.07) is 6.97. The van der Waals surface area contributed by atoms with Gasteiger partial charge in [-0.05, 0) is 69.3 Å². The Morgan fingerprint density at radius 3 is 2.70 bits per heavy atom. The van der Waals surface area contributed by atoms with E-state index in [2.05, 4.69) is 29.5 Å². The molecule has 2 saturated heterocycles. The number of likely N-dealkylation sites (N-methyl/N-ethyl adjacent to an activating group) is 1. The fourth-order valence-electron chi connectivity index (χ4n) is 5.00. The highest BCUT2D eigenvalue weighted by Crippen LogP contribution is 2.39. The molecule has 2 atom stereocenters. The van der Waals surface area contributed by atoms with Crippen LogP contribution in [0.4, 0.5) is 5.69 Å². The number of likely N-dealkylation sites (tertiary alicyclic amines) is 1. The van der Waals surface area contributed by atoms with E-state index in [9.17, 15) is 4.79 Å². The summed E-state index contributed by atoms with van der Waals surface area (Å²) in [6.07, 6.45) is 6.93. The molecule has 1 aromatic carbocycles. The lowest BCUT2D eigenvalue weighted by Gasteiger charge is -2.32. The third-order valence-electron chi connectivity index (χ3n) is 6.66. The summed E-state index contributed by atoms with van der Waals surface area (Å²) in [5, 5.41) is 0.730. The van der Waals surface area contributed by atoms with Gasteiger partial charge >= 0.3 is 0 Å². The quantitative estimate of drug-likeness (QED) is 0.766. The van der Waals surface area contributed by atoms with Gasteiger partial charge in [0.15, 0.2) is 0 Å². The standard InChI is InChI=1S/C22H30ClN3O/c1-16-19-14-17(23)6-8-21(19)26(13-10-18-7-9-20(16)24(18)2)15-22(27)25-11-4-3-5-12-25/h6,8,14,18,20H,1,3-5,7,9-13,15H2,2H3. The maximum absolute atomic E-state index is 13.0. The first-order valence-electron chi connectivity index (χ1n) is 10.3. The van der Waals surface area contributed by atoms with Gasteiger partial charge < -0.3 is 9.80 Å². The molecule has 4 nitrogen and oxygen atoms in total. The maximum Gasteiger partial charge on any atom is 0.242 e. The summed E-state index contributed by atoms with van der Waals surface area (Å²) in [5.41, 5.74) is 3.35. The molecule has 1 aromatic rings. The lowest BCUT2D eigenvalue weighted by molar-refractivity contribution is -0.130. The Labute approximate surface area is 167 Å². The molecule has 146 valence electrons. The van der Waals surface area contributed by atoms with Crippen LogP contribution < -0.4 is 4.90 Å². The van der Waals surface area contributed by atoms with Crippen LogP contribution in [0.3, 0.4) is 0 Å². The SMILES string of the molecule is C=C1c2cc(Cl)ccc2N(CC(=O)N2CCCCC2)CCC2CCC1N2C. The predicted octanol–water partition coefficient (Wildman–Crippen LogP) is 4.04. The Morgan fingerprint density at radius 2 is 1.93 bits per heavy atom. The van der Waals surface area contributed by atoms with Crippen molar-refractivity contribution in [1.82, 2.24) is 9.80 Å². The van der Waals surface area contributed by atoms with Crippen molar-refractivity contribution in [3.05, 3.63) is 35.4 Å². The molecule has 0 aromatic heterocycles. The summed E-state index contributed by atoms with van der Waals surface area (Å²) in [5.74, 6) is 0.249. The highest BCUT2D eigenvalue weighted by molar-refractivity contribution is 6.30. The Balaban J connectivity index is 1.65. The largest absolute Gasteiger partial charge is 0.362 e. The predicted molar refractivity (Wildman–Crippen MR) is 112 cm³/mol. The van der Waals surface area contributed by atoms with Gasteiger partial charge in [0.05, 0.1) is 6.54 Å². The number of hydrogen-bond donors (Lipinski definition) is 0. The third-order valence-corrected chi connectivity index (χ3v) is 6.89. The molecule has 0 aliphatic carbocycles. The van der Waals surface area contributed by atoms with E-state index in [1.807, 2.05) is 17.0 Å². The first-order valence-corrected chi connectivity index (χ1v) is 10.7. The average Bonchev–Trinajstić information content (AvgIpc) is 3.06. The van der Waals surface area contributed by atoms with Crippen LogP contribution in [0.1, 0.15) is 44.1 Å². The van der Waals surface area contributed by atoms with Gasteiger partial charge in [0.1, 0.15) is 0 Å². The second kappa shape index (κ2) is 7.84. The Morgan fingerprint density at radius 1 is 1.15 bits per heavy atom. The summed E-state index contributed by atoms with van der Waals surface area (Å²) in [4.78, 5) is 19.7. The number of benzene rings is 1. The number of fused-ring (bicyclic) bond motifs is 3. The van der Waals surface area contributed by atoms with Crippen molar-refractivity contribution in [2.75, 3.05) is 38.1 Å². The van der Waals surface area contributed by atoms with E-state index >= 15 is 0 Å². The van der Waals surface area contributed by atoms with Gasteiger partial charge in [0.25, 0.3) is 0 Å². The van der Waals surface area contributed by atoms with E-state index in [-0.39, 0.29) is 5.91 Å². The highest BCUT2D eigenvalue weighted by atomic mass is 35.5. The molecule has 2 unspecified atom stereocenters. The summed E-state index contributed by atoms with van der Waals surface area (Å²) >= 11 is 6.34. The molecule has 3 aliphatic rings. The molecule has 0 spiro atoms. The zero-order valence-corrected chi connectivity index (χ0v) is 17.0. The number of carbonyl (C=O) groups excluding carboxylic acids is 1. The molecular formula is C22H30ClN3O. The maximum atomic E-state index is 13.0. The molecule has 2 bridgehead atoms. The molecule has 3 aliphatic heterocycles. The number of carbonyl (C=O) groups is 1. The van der Waals surface area contributed by atoms with Crippen LogP contribution in [0.25, 0.3) is 5.57 Å². The van der Waals surface area contributed by atoms with E-state index in [0.29, 0.717) is 18.6 Å². The number of rotatable bonds is 2. The molecular weight excluding hydrogens is 358 g/mol. The van der Waals surface area contributed by atoms with Crippen LogP contribution in [-0.4, -0.2) is 61.0 Å². The second-order valence-electron chi connectivity index (χ2n) is 8.25. The minimum absolute atomic E-state index is 0.249. The number of hydrogen-bond acceptors (Lipinski definition) is 3. The molecule has 0 saturated carbocycles. The van der Waals surface area contributed by atoms with Gasteiger partial charge in [0.2, 0.25) is 5.91 Å². The minimum Gasteiger partial charge on any atom is -0.362 e. The van der Waals surface area contributed by atoms with E-state index < -0.39 is 0 Å². The number of anilines is 1. The normalized spacial score (nSPS) is 26.4. The molecule has 27 heavy (non-hydrogen) atoms. The fraction of sp³-hybridized carbons (Fsp3) is 0.591. The van der Waals surface area contributed by atoms with Gasteiger partial charge in [-0.2, -0.15) is 0 Å². The van der Waals surface area contributed by atoms with E-state index in [1.165, 1.54) is 12.8 Å². The molecule has 3 heterocycles. The van der Waals surface area contributed by atoms with Crippen molar-refractivity contribution in [2.45, 2.75) is 50.6 Å². The van der Waals surface area contributed by atoms with Crippen molar-refractivity contribution < 1.29 is 4.79 Å². The molecule has 5 heteroatoms. The monoisotopic (exact) mass is 387 g/mol. The van der Waals surface area contributed by atoms with Crippen LogP contribution in [0.15, 0.2) is 24.8 Å². The van der Waals surface area contributed by atoms with Crippen molar-refractivity contribution in [2.24, 2.45) is 0 Å². The van der Waals surface area contributed by atoms with Gasteiger partial charge in [0, 0.05) is 48.0 Å². The first kappa shape index (κ1) is 18.8. The first-order chi connectivity index (χ1) is 13.0. The lowest BCUT2D eigenvalue weighted by atomic mass is 9.95. The van der Waals surface area contributed by atoms with Crippen LogP contribution in [-0.2, 0) is 4.79 Å². The number of halogens is 1. The number of piperidine rings is 1. The van der Waals surface area contributed by atoms with Crippen LogP contribution in [0.2, 0.25) is 5.02 Å². The van der Waals surface area contributed by atoms with Gasteiger partial charge in [-0.3, -0.25) is 9.69 Å². The third kappa shape index (κ3) is 3.74. The molecule has 1 amide bonds. The molecule has 0 N–H and O–H groups in total. The Hall–Kier alpha value is -1.52. The van der Waals surface area contributed by atoms with Crippen LogP contribution in [0.5, 0.6) is 0 Å². The molecule has 0 radical (unpaired) electrons. The van der Waals surface area contributed by atoms with Crippen LogP contribution in [0, 0.1) is 0 Å². The smallest absolute Gasteiger partial charge is 0.242 e.